The standard InChI is InChI=1S/C19H24N2O3/c1-23-12-13-24-11-10-21(15-16-6-3-2-4-7-16)19(22)17-8-5-9-18(20)14-17/h2-9,14H,10-13,15,20H2,1H3. The number of hydrogen-bond acceptors (Lipinski definition) is 4. The van der Waals surface area contributed by atoms with E-state index in [0.29, 0.717) is 44.2 Å². The topological polar surface area (TPSA) is 64.8 Å². The summed E-state index contributed by atoms with van der Waals surface area (Å²) in [6.45, 7) is 2.56. The van der Waals surface area contributed by atoms with E-state index in [1.165, 1.54) is 0 Å². The maximum atomic E-state index is 12.8. The van der Waals surface area contributed by atoms with Gasteiger partial charge in [-0.15, -0.1) is 0 Å². The first-order valence-electron chi connectivity index (χ1n) is 7.96. The normalized spacial score (nSPS) is 10.5. The Morgan fingerprint density at radius 2 is 1.83 bits per heavy atom. The number of anilines is 1. The summed E-state index contributed by atoms with van der Waals surface area (Å²) in [5.74, 6) is -0.0542. The van der Waals surface area contributed by atoms with Crippen LogP contribution in [-0.2, 0) is 16.0 Å². The minimum Gasteiger partial charge on any atom is -0.399 e. The Bertz CT molecular complexity index is 632. The zero-order valence-electron chi connectivity index (χ0n) is 14.0. The molecule has 5 heteroatoms. The molecule has 0 saturated heterocycles. The summed E-state index contributed by atoms with van der Waals surface area (Å²) in [5, 5.41) is 0. The van der Waals surface area contributed by atoms with Crippen LogP contribution in [0.15, 0.2) is 54.6 Å². The largest absolute Gasteiger partial charge is 0.399 e. The van der Waals surface area contributed by atoms with Crippen LogP contribution in [0.5, 0.6) is 0 Å². The molecule has 0 atom stereocenters. The summed E-state index contributed by atoms with van der Waals surface area (Å²) in [7, 11) is 1.63. The Kier molecular flexibility index (Phi) is 7.26. The molecule has 0 fully saturated rings. The van der Waals surface area contributed by atoms with E-state index in [2.05, 4.69) is 0 Å². The van der Waals surface area contributed by atoms with Gasteiger partial charge in [0.25, 0.3) is 5.91 Å². The molecule has 0 spiro atoms. The third kappa shape index (κ3) is 5.68. The number of ether oxygens (including phenoxy) is 2. The summed E-state index contributed by atoms with van der Waals surface area (Å²) in [6.07, 6.45) is 0. The number of amides is 1. The van der Waals surface area contributed by atoms with Gasteiger partial charge in [0.15, 0.2) is 0 Å². The highest BCUT2D eigenvalue weighted by atomic mass is 16.5. The summed E-state index contributed by atoms with van der Waals surface area (Å²) >= 11 is 0. The molecule has 2 rings (SSSR count). The lowest BCUT2D eigenvalue weighted by Crippen LogP contribution is -2.33. The lowest BCUT2D eigenvalue weighted by atomic mass is 10.1. The molecule has 0 aromatic heterocycles. The number of nitrogen functional groups attached to an aromatic ring is 1. The van der Waals surface area contributed by atoms with Crippen LogP contribution in [0.2, 0.25) is 0 Å². The quantitative estimate of drug-likeness (QED) is 0.567. The first kappa shape index (κ1) is 18.0. The molecule has 2 N–H and O–H groups in total. The van der Waals surface area contributed by atoms with Gasteiger partial charge >= 0.3 is 0 Å². The highest BCUT2D eigenvalue weighted by molar-refractivity contribution is 5.95. The molecule has 5 nitrogen and oxygen atoms in total. The maximum Gasteiger partial charge on any atom is 0.254 e. The van der Waals surface area contributed by atoms with E-state index in [1.54, 1.807) is 36.3 Å². The lowest BCUT2D eigenvalue weighted by molar-refractivity contribution is 0.0477. The molecule has 0 aliphatic heterocycles. The van der Waals surface area contributed by atoms with E-state index in [0.717, 1.165) is 5.56 Å². The fourth-order valence-corrected chi connectivity index (χ4v) is 2.33. The second-order valence-corrected chi connectivity index (χ2v) is 5.44. The van der Waals surface area contributed by atoms with Crippen LogP contribution in [0.25, 0.3) is 0 Å². The number of carbonyl (C=O) groups is 1. The number of nitrogens with two attached hydrogens (primary N) is 1. The Labute approximate surface area is 143 Å². The molecule has 0 radical (unpaired) electrons. The molecule has 0 aliphatic rings. The number of benzene rings is 2. The smallest absolute Gasteiger partial charge is 0.254 e. The van der Waals surface area contributed by atoms with Crippen LogP contribution >= 0.6 is 0 Å². The zero-order valence-corrected chi connectivity index (χ0v) is 14.0. The van der Waals surface area contributed by atoms with E-state index in [9.17, 15) is 4.79 Å². The van der Waals surface area contributed by atoms with Gasteiger partial charge in [0.1, 0.15) is 0 Å². The molecular formula is C19H24N2O3. The van der Waals surface area contributed by atoms with Crippen molar-refractivity contribution in [2.45, 2.75) is 6.54 Å². The van der Waals surface area contributed by atoms with Crippen LogP contribution in [-0.4, -0.2) is 44.3 Å². The van der Waals surface area contributed by atoms with Gasteiger partial charge in [-0.05, 0) is 23.8 Å². The highest BCUT2D eigenvalue weighted by Gasteiger charge is 2.16. The summed E-state index contributed by atoms with van der Waals surface area (Å²) < 4.78 is 10.5. The van der Waals surface area contributed by atoms with Crippen molar-refractivity contribution in [2.75, 3.05) is 39.2 Å². The molecule has 2 aromatic rings. The second-order valence-electron chi connectivity index (χ2n) is 5.44. The molecule has 0 saturated carbocycles. The summed E-state index contributed by atoms with van der Waals surface area (Å²) in [5.41, 5.74) is 8.04. The van der Waals surface area contributed by atoms with Gasteiger partial charge in [-0.1, -0.05) is 36.4 Å². The van der Waals surface area contributed by atoms with E-state index in [1.807, 2.05) is 30.3 Å². The fraction of sp³-hybridized carbons (Fsp3) is 0.316. The van der Waals surface area contributed by atoms with Gasteiger partial charge in [0, 0.05) is 31.5 Å². The van der Waals surface area contributed by atoms with Gasteiger partial charge in [-0.2, -0.15) is 0 Å². The van der Waals surface area contributed by atoms with Crippen molar-refractivity contribution >= 4 is 11.6 Å². The first-order valence-corrected chi connectivity index (χ1v) is 7.96. The lowest BCUT2D eigenvalue weighted by Gasteiger charge is -2.23. The fourth-order valence-electron chi connectivity index (χ4n) is 2.33. The number of rotatable bonds is 9. The molecule has 2 aromatic carbocycles. The number of hydrogen-bond donors (Lipinski definition) is 1. The van der Waals surface area contributed by atoms with Crippen LogP contribution in [0.4, 0.5) is 5.69 Å². The summed E-state index contributed by atoms with van der Waals surface area (Å²) in [6, 6.07) is 16.9. The van der Waals surface area contributed by atoms with E-state index in [4.69, 9.17) is 15.2 Å². The minimum atomic E-state index is -0.0542. The molecule has 0 bridgehead atoms. The number of carbonyl (C=O) groups excluding carboxylic acids is 1. The number of nitrogens with zero attached hydrogens (tertiary/aromatic N) is 1. The third-order valence-corrected chi connectivity index (χ3v) is 3.57. The Morgan fingerprint density at radius 3 is 2.54 bits per heavy atom. The average Bonchev–Trinajstić information content (AvgIpc) is 2.61. The Morgan fingerprint density at radius 1 is 1.04 bits per heavy atom. The molecule has 0 aliphatic carbocycles. The van der Waals surface area contributed by atoms with E-state index < -0.39 is 0 Å². The van der Waals surface area contributed by atoms with Gasteiger partial charge in [-0.3, -0.25) is 4.79 Å². The minimum absolute atomic E-state index is 0.0542. The Balaban J connectivity index is 2.04. The third-order valence-electron chi connectivity index (χ3n) is 3.57. The van der Waals surface area contributed by atoms with Crippen LogP contribution in [0, 0.1) is 0 Å². The van der Waals surface area contributed by atoms with Gasteiger partial charge in [-0.25, -0.2) is 0 Å². The molecule has 128 valence electrons. The van der Waals surface area contributed by atoms with Gasteiger partial charge < -0.3 is 20.1 Å². The number of methoxy groups -OCH3 is 1. The monoisotopic (exact) mass is 328 g/mol. The predicted octanol–water partition coefficient (Wildman–Crippen LogP) is 2.57. The molecule has 24 heavy (non-hydrogen) atoms. The van der Waals surface area contributed by atoms with Crippen molar-refractivity contribution in [3.8, 4) is 0 Å². The van der Waals surface area contributed by atoms with Crippen molar-refractivity contribution < 1.29 is 14.3 Å². The van der Waals surface area contributed by atoms with Crippen molar-refractivity contribution in [1.29, 1.82) is 0 Å². The SMILES string of the molecule is COCCOCCN(Cc1ccccc1)C(=O)c1cccc(N)c1. The molecule has 1 amide bonds. The van der Waals surface area contributed by atoms with Crippen LogP contribution in [0.3, 0.4) is 0 Å². The van der Waals surface area contributed by atoms with Crippen molar-refractivity contribution in [3.63, 3.8) is 0 Å². The van der Waals surface area contributed by atoms with Crippen LogP contribution < -0.4 is 5.73 Å². The van der Waals surface area contributed by atoms with Crippen molar-refractivity contribution in [2.24, 2.45) is 0 Å². The van der Waals surface area contributed by atoms with Gasteiger partial charge in [0.05, 0.1) is 19.8 Å². The van der Waals surface area contributed by atoms with E-state index >= 15 is 0 Å². The summed E-state index contributed by atoms with van der Waals surface area (Å²) in [4.78, 5) is 14.6. The first-order chi connectivity index (χ1) is 11.7. The van der Waals surface area contributed by atoms with E-state index in [-0.39, 0.29) is 5.91 Å². The van der Waals surface area contributed by atoms with Crippen molar-refractivity contribution in [3.05, 3.63) is 65.7 Å². The predicted molar refractivity (Wildman–Crippen MR) is 94.7 cm³/mol. The van der Waals surface area contributed by atoms with Gasteiger partial charge in [0.2, 0.25) is 0 Å². The Hall–Kier alpha value is -2.37. The molecule has 0 unspecified atom stereocenters. The van der Waals surface area contributed by atoms with Crippen molar-refractivity contribution in [1.82, 2.24) is 4.90 Å². The molecule has 0 heterocycles. The highest BCUT2D eigenvalue weighted by Crippen LogP contribution is 2.13. The molecular weight excluding hydrogens is 304 g/mol. The average molecular weight is 328 g/mol. The second kappa shape index (κ2) is 9.70. The maximum absolute atomic E-state index is 12.8. The van der Waals surface area contributed by atoms with Crippen LogP contribution in [0.1, 0.15) is 15.9 Å². The zero-order chi connectivity index (χ0) is 17.2.